The van der Waals surface area contributed by atoms with E-state index in [9.17, 15) is 18.0 Å². The molecular weight excluding hydrogens is 262 g/mol. The van der Waals surface area contributed by atoms with E-state index in [2.05, 4.69) is 5.32 Å². The minimum absolute atomic E-state index is 0.0754. The molecule has 0 aromatic heterocycles. The van der Waals surface area contributed by atoms with Gasteiger partial charge in [0.1, 0.15) is 5.75 Å². The van der Waals surface area contributed by atoms with Crippen LogP contribution in [0.15, 0.2) is 0 Å². The smallest absolute Gasteiger partial charge is 0.321 e. The molecule has 1 amide bonds. The highest BCUT2D eigenvalue weighted by atomic mass is 32.2. The van der Waals surface area contributed by atoms with Gasteiger partial charge in [0.2, 0.25) is 5.91 Å². The molecule has 1 heterocycles. The quantitative estimate of drug-likeness (QED) is 0.656. The Balaban J connectivity index is 2.41. The zero-order valence-corrected chi connectivity index (χ0v) is 10.9. The number of hydrogen-bond donors (Lipinski definition) is 2. The molecule has 1 aliphatic heterocycles. The number of nitrogens with one attached hydrogen (secondary N) is 1. The van der Waals surface area contributed by atoms with Crippen molar-refractivity contribution in [2.24, 2.45) is 0 Å². The third kappa shape index (κ3) is 4.26. The van der Waals surface area contributed by atoms with Gasteiger partial charge in [-0.2, -0.15) is 0 Å². The number of hydrogen-bond acceptors (Lipinski definition) is 5. The summed E-state index contributed by atoms with van der Waals surface area (Å²) in [6.07, 6.45) is 1.68. The maximum absolute atomic E-state index is 11.5. The maximum atomic E-state index is 11.5. The fraction of sp³-hybridized carbons (Fsp3) is 0.800. The van der Waals surface area contributed by atoms with Crippen LogP contribution < -0.4 is 5.32 Å². The first-order chi connectivity index (χ1) is 8.33. The minimum Gasteiger partial charge on any atom is -0.480 e. The summed E-state index contributed by atoms with van der Waals surface area (Å²) in [4.78, 5) is 22.0. The van der Waals surface area contributed by atoms with E-state index >= 15 is 0 Å². The van der Waals surface area contributed by atoms with Gasteiger partial charge < -0.3 is 15.2 Å². The Morgan fingerprint density at radius 1 is 1.50 bits per heavy atom. The van der Waals surface area contributed by atoms with Crippen LogP contribution >= 0.6 is 0 Å². The lowest BCUT2D eigenvalue weighted by atomic mass is 10.2. The van der Waals surface area contributed by atoms with Crippen LogP contribution in [0.1, 0.15) is 19.8 Å². The molecule has 104 valence electrons. The second kappa shape index (κ2) is 6.14. The van der Waals surface area contributed by atoms with Crippen molar-refractivity contribution in [3.63, 3.8) is 0 Å². The van der Waals surface area contributed by atoms with E-state index in [-0.39, 0.29) is 12.6 Å². The van der Waals surface area contributed by atoms with Gasteiger partial charge in [0.15, 0.2) is 15.1 Å². The van der Waals surface area contributed by atoms with Gasteiger partial charge in [0.25, 0.3) is 0 Å². The first kappa shape index (κ1) is 14.9. The summed E-state index contributed by atoms with van der Waals surface area (Å²) in [5, 5.41) is 9.46. The monoisotopic (exact) mass is 279 g/mol. The van der Waals surface area contributed by atoms with Gasteiger partial charge >= 0.3 is 5.97 Å². The normalized spacial score (nSPS) is 21.5. The summed E-state index contributed by atoms with van der Waals surface area (Å²) in [7, 11) is -3.96. The molecular formula is C10H17NO6S. The molecule has 8 heteroatoms. The van der Waals surface area contributed by atoms with Crippen LogP contribution in [0.2, 0.25) is 0 Å². The second-order valence-corrected chi connectivity index (χ2v) is 6.55. The lowest BCUT2D eigenvalue weighted by molar-refractivity contribution is -0.136. The number of sulfone groups is 1. The summed E-state index contributed by atoms with van der Waals surface area (Å²) in [5.41, 5.74) is 0. The average molecular weight is 279 g/mol. The van der Waals surface area contributed by atoms with Crippen LogP contribution in [0.4, 0.5) is 0 Å². The number of carbonyl (C=O) groups excluding carboxylic acids is 1. The summed E-state index contributed by atoms with van der Waals surface area (Å²) in [6, 6.07) is 0. The molecule has 0 saturated carbocycles. The third-order valence-electron chi connectivity index (χ3n) is 2.77. The molecule has 1 rings (SSSR count). The van der Waals surface area contributed by atoms with Gasteiger partial charge in [0.05, 0.1) is 6.10 Å². The third-order valence-corrected chi connectivity index (χ3v) is 4.71. The Morgan fingerprint density at radius 3 is 2.67 bits per heavy atom. The van der Waals surface area contributed by atoms with Crippen LogP contribution in [-0.4, -0.2) is 55.7 Å². The molecule has 0 bridgehead atoms. The maximum Gasteiger partial charge on any atom is 0.321 e. The fourth-order valence-corrected chi connectivity index (χ4v) is 2.57. The number of rotatable bonds is 6. The highest BCUT2D eigenvalue weighted by molar-refractivity contribution is 7.93. The van der Waals surface area contributed by atoms with Gasteiger partial charge in [-0.05, 0) is 19.8 Å². The van der Waals surface area contributed by atoms with Gasteiger partial charge in [-0.3, -0.25) is 9.59 Å². The van der Waals surface area contributed by atoms with Crippen molar-refractivity contribution in [3.8, 4) is 0 Å². The van der Waals surface area contributed by atoms with Crippen LogP contribution in [0.5, 0.6) is 0 Å². The fourth-order valence-electron chi connectivity index (χ4n) is 1.55. The Kier molecular flexibility index (Phi) is 5.09. The van der Waals surface area contributed by atoms with Gasteiger partial charge in [0, 0.05) is 13.2 Å². The molecule has 2 N–H and O–H groups in total. The molecule has 7 nitrogen and oxygen atoms in total. The summed E-state index contributed by atoms with van der Waals surface area (Å²) < 4.78 is 28.3. The molecule has 2 unspecified atom stereocenters. The number of carboxylic acids is 1. The van der Waals surface area contributed by atoms with Crippen molar-refractivity contribution in [2.75, 3.05) is 18.9 Å². The Labute approximate surface area is 105 Å². The Hall–Kier alpha value is -1.15. The van der Waals surface area contributed by atoms with E-state index in [1.807, 2.05) is 0 Å². The van der Waals surface area contributed by atoms with Crippen LogP contribution in [0.25, 0.3) is 0 Å². The number of carbonyl (C=O) groups is 2. The van der Waals surface area contributed by atoms with E-state index in [4.69, 9.17) is 9.84 Å². The largest absolute Gasteiger partial charge is 0.480 e. The highest BCUT2D eigenvalue weighted by Gasteiger charge is 2.30. The van der Waals surface area contributed by atoms with Crippen molar-refractivity contribution >= 4 is 21.7 Å². The van der Waals surface area contributed by atoms with E-state index < -0.39 is 32.7 Å². The highest BCUT2D eigenvalue weighted by Crippen LogP contribution is 2.10. The summed E-state index contributed by atoms with van der Waals surface area (Å²) in [5.74, 6) is -2.96. The standard InChI is InChI=1S/C10H17NO6S/c1-7(10(13)14)18(15,16)6-9(12)11-5-8-3-2-4-17-8/h7-8H,2-6H2,1H3,(H,11,12)(H,13,14). The van der Waals surface area contributed by atoms with Crippen LogP contribution in [-0.2, 0) is 24.2 Å². The molecule has 2 atom stereocenters. The topological polar surface area (TPSA) is 110 Å². The molecule has 18 heavy (non-hydrogen) atoms. The predicted octanol–water partition coefficient (Wildman–Crippen LogP) is -0.830. The van der Waals surface area contributed by atoms with E-state index in [1.165, 1.54) is 0 Å². The number of ether oxygens (including phenoxy) is 1. The average Bonchev–Trinajstić information content (AvgIpc) is 2.77. The van der Waals surface area contributed by atoms with Crippen molar-refractivity contribution in [3.05, 3.63) is 0 Å². The zero-order chi connectivity index (χ0) is 13.8. The SMILES string of the molecule is CC(C(=O)O)S(=O)(=O)CC(=O)NCC1CCCO1. The minimum atomic E-state index is -3.96. The van der Waals surface area contributed by atoms with Gasteiger partial charge in [-0.1, -0.05) is 0 Å². The van der Waals surface area contributed by atoms with Crippen LogP contribution in [0.3, 0.4) is 0 Å². The van der Waals surface area contributed by atoms with Crippen LogP contribution in [0, 0.1) is 0 Å². The van der Waals surface area contributed by atoms with Crippen molar-refractivity contribution in [1.29, 1.82) is 0 Å². The summed E-state index contributed by atoms with van der Waals surface area (Å²) in [6.45, 7) is 1.95. The van der Waals surface area contributed by atoms with Gasteiger partial charge in [-0.25, -0.2) is 8.42 Å². The Morgan fingerprint density at radius 2 is 2.17 bits per heavy atom. The van der Waals surface area contributed by atoms with Gasteiger partial charge in [-0.15, -0.1) is 0 Å². The first-order valence-corrected chi connectivity index (χ1v) is 7.37. The first-order valence-electron chi connectivity index (χ1n) is 5.65. The Bertz CT molecular complexity index is 412. The molecule has 0 spiro atoms. The number of amides is 1. The van der Waals surface area contributed by atoms with E-state index in [1.54, 1.807) is 0 Å². The second-order valence-electron chi connectivity index (χ2n) is 4.23. The summed E-state index contributed by atoms with van der Waals surface area (Å²) >= 11 is 0. The molecule has 0 aromatic rings. The zero-order valence-electron chi connectivity index (χ0n) is 10.1. The number of carboxylic acid groups (broad SMARTS) is 1. The lowest BCUT2D eigenvalue weighted by Crippen LogP contribution is -2.39. The van der Waals surface area contributed by atoms with Crippen molar-refractivity contribution in [2.45, 2.75) is 31.1 Å². The molecule has 0 aliphatic carbocycles. The van der Waals surface area contributed by atoms with Crippen molar-refractivity contribution < 1.29 is 27.9 Å². The number of aliphatic carboxylic acids is 1. The van der Waals surface area contributed by atoms with Crippen molar-refractivity contribution in [1.82, 2.24) is 5.32 Å². The lowest BCUT2D eigenvalue weighted by Gasteiger charge is -2.12. The molecule has 0 aromatic carbocycles. The molecule has 1 saturated heterocycles. The molecule has 1 fully saturated rings. The molecule has 1 aliphatic rings. The van der Waals surface area contributed by atoms with E-state index in [0.29, 0.717) is 6.61 Å². The molecule has 0 radical (unpaired) electrons. The van der Waals surface area contributed by atoms with E-state index in [0.717, 1.165) is 19.8 Å². The predicted molar refractivity (Wildman–Crippen MR) is 62.9 cm³/mol.